The highest BCUT2D eigenvalue weighted by molar-refractivity contribution is 5.99. The van der Waals surface area contributed by atoms with E-state index < -0.39 is 23.8 Å². The number of aromatic hydroxyl groups is 2. The Bertz CT molecular complexity index is 464. The Kier molecular flexibility index (Phi) is 1.79. The summed E-state index contributed by atoms with van der Waals surface area (Å²) in [6.07, 6.45) is -1.51. The Morgan fingerprint density at radius 1 is 1.33 bits per heavy atom. The number of carboxylic acid groups (broad SMARTS) is 1. The summed E-state index contributed by atoms with van der Waals surface area (Å²) in [7, 11) is 0. The molecule has 3 N–H and O–H groups in total. The second-order valence-electron chi connectivity index (χ2n) is 3.05. The topological polar surface area (TPSA) is 104 Å². The molecule has 78 valence electrons. The number of carbonyl (C=O) groups excluding carboxylic acids is 1. The van der Waals surface area contributed by atoms with Crippen LogP contribution in [0, 0.1) is 0 Å². The number of phenols is 2. The fraction of sp³-hybridized carbons (Fsp3) is 0.111. The first-order valence-corrected chi connectivity index (χ1v) is 4.00. The molecule has 6 nitrogen and oxygen atoms in total. The van der Waals surface area contributed by atoms with Gasteiger partial charge in [0.1, 0.15) is 11.5 Å². The van der Waals surface area contributed by atoms with Gasteiger partial charge in [0.2, 0.25) is 6.10 Å². The Hall–Kier alpha value is -2.24. The largest absolute Gasteiger partial charge is 0.508 e. The van der Waals surface area contributed by atoms with E-state index >= 15 is 0 Å². The van der Waals surface area contributed by atoms with Gasteiger partial charge in [-0.15, -0.1) is 0 Å². The molecule has 0 saturated carbocycles. The molecule has 2 rings (SSSR count). The molecule has 1 aliphatic rings. The Morgan fingerprint density at radius 2 is 2.00 bits per heavy atom. The van der Waals surface area contributed by atoms with Crippen molar-refractivity contribution in [2.75, 3.05) is 0 Å². The van der Waals surface area contributed by atoms with Crippen molar-refractivity contribution in [2.24, 2.45) is 0 Å². The summed E-state index contributed by atoms with van der Waals surface area (Å²) in [6, 6.07) is 2.01. The van der Waals surface area contributed by atoms with E-state index in [1.54, 1.807) is 0 Å². The number of esters is 1. The molecule has 1 unspecified atom stereocenters. The molecule has 0 aromatic heterocycles. The summed E-state index contributed by atoms with van der Waals surface area (Å²) in [4.78, 5) is 21.9. The average Bonchev–Trinajstić information content (AvgIpc) is 2.44. The van der Waals surface area contributed by atoms with Gasteiger partial charge in [-0.25, -0.2) is 9.59 Å². The van der Waals surface area contributed by atoms with E-state index in [2.05, 4.69) is 4.74 Å². The number of fused-ring (bicyclic) bond motifs is 1. The minimum atomic E-state index is -1.51. The second kappa shape index (κ2) is 2.88. The van der Waals surface area contributed by atoms with Crippen molar-refractivity contribution < 1.29 is 29.6 Å². The van der Waals surface area contributed by atoms with E-state index in [9.17, 15) is 14.7 Å². The van der Waals surface area contributed by atoms with Crippen LogP contribution in [0.1, 0.15) is 22.0 Å². The number of phenolic OH excluding ortho intramolecular Hbond substituents is 2. The lowest BCUT2D eigenvalue weighted by Crippen LogP contribution is -2.10. The van der Waals surface area contributed by atoms with Crippen LogP contribution in [-0.4, -0.2) is 27.3 Å². The highest BCUT2D eigenvalue weighted by Gasteiger charge is 2.39. The van der Waals surface area contributed by atoms with E-state index in [0.29, 0.717) is 0 Å². The number of benzene rings is 1. The highest BCUT2D eigenvalue weighted by atomic mass is 16.6. The molecule has 0 spiro atoms. The van der Waals surface area contributed by atoms with Gasteiger partial charge >= 0.3 is 11.9 Å². The number of hydrogen-bond donors (Lipinski definition) is 3. The van der Waals surface area contributed by atoms with E-state index in [-0.39, 0.29) is 16.9 Å². The van der Waals surface area contributed by atoms with Gasteiger partial charge in [-0.05, 0) is 6.07 Å². The van der Waals surface area contributed by atoms with Gasteiger partial charge in [0, 0.05) is 6.07 Å². The summed E-state index contributed by atoms with van der Waals surface area (Å²) < 4.78 is 4.52. The van der Waals surface area contributed by atoms with Gasteiger partial charge in [-0.2, -0.15) is 0 Å². The molecular formula is C9H6O6. The molecular weight excluding hydrogens is 204 g/mol. The molecule has 15 heavy (non-hydrogen) atoms. The molecule has 0 saturated heterocycles. The molecule has 1 aliphatic heterocycles. The minimum Gasteiger partial charge on any atom is -0.508 e. The van der Waals surface area contributed by atoms with Gasteiger partial charge in [-0.3, -0.25) is 0 Å². The second-order valence-corrected chi connectivity index (χ2v) is 3.05. The van der Waals surface area contributed by atoms with Crippen LogP contribution in [0.3, 0.4) is 0 Å². The SMILES string of the molecule is O=C1OC(C(=O)O)c2c(O)cc(O)cc21. The predicted molar refractivity (Wildman–Crippen MR) is 45.6 cm³/mol. The van der Waals surface area contributed by atoms with Gasteiger partial charge < -0.3 is 20.1 Å². The molecule has 0 bridgehead atoms. The van der Waals surface area contributed by atoms with Crippen LogP contribution >= 0.6 is 0 Å². The summed E-state index contributed by atoms with van der Waals surface area (Å²) in [5.41, 5.74) is -0.245. The van der Waals surface area contributed by atoms with Crippen molar-refractivity contribution in [1.82, 2.24) is 0 Å². The summed E-state index contributed by atoms with van der Waals surface area (Å²) in [5, 5.41) is 27.2. The molecule has 0 radical (unpaired) electrons. The van der Waals surface area contributed by atoms with Gasteiger partial charge in [-0.1, -0.05) is 0 Å². The molecule has 0 amide bonds. The number of ether oxygens (including phenoxy) is 1. The fourth-order valence-corrected chi connectivity index (χ4v) is 1.47. The summed E-state index contributed by atoms with van der Waals surface area (Å²) in [5.74, 6) is -3.04. The molecule has 1 heterocycles. The van der Waals surface area contributed by atoms with Crippen molar-refractivity contribution in [3.05, 3.63) is 23.3 Å². The minimum absolute atomic E-state index is 0.120. The van der Waals surface area contributed by atoms with Crippen molar-refractivity contribution in [2.45, 2.75) is 6.10 Å². The van der Waals surface area contributed by atoms with Crippen LogP contribution in [0.25, 0.3) is 0 Å². The lowest BCUT2D eigenvalue weighted by Gasteiger charge is -2.05. The first kappa shape index (κ1) is 9.32. The van der Waals surface area contributed by atoms with Gasteiger partial charge in [0.25, 0.3) is 0 Å². The number of rotatable bonds is 1. The molecule has 0 fully saturated rings. The molecule has 0 aliphatic carbocycles. The first-order chi connectivity index (χ1) is 7.00. The third-order valence-corrected chi connectivity index (χ3v) is 2.07. The zero-order chi connectivity index (χ0) is 11.2. The van der Waals surface area contributed by atoms with E-state index in [1.807, 2.05) is 0 Å². The first-order valence-electron chi connectivity index (χ1n) is 4.00. The summed E-state index contributed by atoms with van der Waals surface area (Å²) in [6.45, 7) is 0. The lowest BCUT2D eigenvalue weighted by molar-refractivity contribution is -0.146. The maximum absolute atomic E-state index is 11.2. The van der Waals surface area contributed by atoms with E-state index in [4.69, 9.17) is 10.2 Å². The van der Waals surface area contributed by atoms with Crippen LogP contribution in [0.15, 0.2) is 12.1 Å². The lowest BCUT2D eigenvalue weighted by atomic mass is 10.0. The average molecular weight is 210 g/mol. The fourth-order valence-electron chi connectivity index (χ4n) is 1.47. The number of carbonyl (C=O) groups is 2. The Labute approximate surface area is 83.3 Å². The quantitative estimate of drug-likeness (QED) is 0.579. The van der Waals surface area contributed by atoms with E-state index in [0.717, 1.165) is 12.1 Å². The van der Waals surface area contributed by atoms with E-state index in [1.165, 1.54) is 0 Å². The molecule has 1 aromatic carbocycles. The number of cyclic esters (lactones) is 1. The van der Waals surface area contributed by atoms with Crippen molar-refractivity contribution in [3.8, 4) is 11.5 Å². The van der Waals surface area contributed by atoms with Crippen molar-refractivity contribution in [1.29, 1.82) is 0 Å². The van der Waals surface area contributed by atoms with Crippen molar-refractivity contribution >= 4 is 11.9 Å². The zero-order valence-corrected chi connectivity index (χ0v) is 7.30. The molecule has 1 aromatic rings. The number of aliphatic carboxylic acids is 1. The Morgan fingerprint density at radius 3 is 2.60 bits per heavy atom. The maximum atomic E-state index is 11.2. The number of carboxylic acids is 1. The van der Waals surface area contributed by atoms with Crippen LogP contribution in [0.2, 0.25) is 0 Å². The zero-order valence-electron chi connectivity index (χ0n) is 7.30. The van der Waals surface area contributed by atoms with Gasteiger partial charge in [0.05, 0.1) is 11.1 Å². The highest BCUT2D eigenvalue weighted by Crippen LogP contribution is 2.39. The number of hydrogen-bond acceptors (Lipinski definition) is 5. The monoisotopic (exact) mass is 210 g/mol. The van der Waals surface area contributed by atoms with Gasteiger partial charge in [0.15, 0.2) is 0 Å². The smallest absolute Gasteiger partial charge is 0.349 e. The normalized spacial score (nSPS) is 18.4. The summed E-state index contributed by atoms with van der Waals surface area (Å²) >= 11 is 0. The molecule has 1 atom stereocenters. The Balaban J connectivity index is 2.65. The third kappa shape index (κ3) is 1.26. The standard InChI is InChI=1S/C9H6O6/c10-3-1-4-6(5(11)2-3)7(8(12)13)15-9(4)14/h1-2,7,10-11H,(H,12,13). The van der Waals surface area contributed by atoms with Crippen LogP contribution < -0.4 is 0 Å². The third-order valence-electron chi connectivity index (χ3n) is 2.07. The predicted octanol–water partition coefficient (Wildman–Crippen LogP) is 0.394. The van der Waals surface area contributed by atoms with Crippen LogP contribution in [-0.2, 0) is 9.53 Å². The maximum Gasteiger partial charge on any atom is 0.349 e. The van der Waals surface area contributed by atoms with Crippen molar-refractivity contribution in [3.63, 3.8) is 0 Å². The van der Waals surface area contributed by atoms with Crippen LogP contribution in [0.5, 0.6) is 11.5 Å². The molecule has 6 heteroatoms. The van der Waals surface area contributed by atoms with Crippen LogP contribution in [0.4, 0.5) is 0 Å².